The van der Waals surface area contributed by atoms with Gasteiger partial charge in [-0.2, -0.15) is 0 Å². The molecule has 0 bridgehead atoms. The number of carboxylic acids is 1. The normalized spacial score (nSPS) is 12.5. The van der Waals surface area contributed by atoms with Crippen molar-refractivity contribution in [2.45, 2.75) is 12.5 Å². The number of carboxylic acid groups (broad SMARTS) is 1. The van der Waals surface area contributed by atoms with Crippen molar-refractivity contribution in [3.63, 3.8) is 0 Å². The summed E-state index contributed by atoms with van der Waals surface area (Å²) in [7, 11) is 0. The van der Waals surface area contributed by atoms with Crippen LogP contribution in [0.4, 0.5) is 0 Å². The van der Waals surface area contributed by atoms with Gasteiger partial charge in [0.15, 0.2) is 0 Å². The number of amides is 1. The van der Waals surface area contributed by atoms with Crippen LogP contribution in [0.3, 0.4) is 0 Å². The molecule has 0 aliphatic heterocycles. The smallest absolute Gasteiger partial charge is 0.326 e. The second-order valence-corrected chi connectivity index (χ2v) is 5.36. The van der Waals surface area contributed by atoms with Crippen molar-refractivity contribution in [3.8, 4) is 0 Å². The van der Waals surface area contributed by atoms with E-state index >= 15 is 0 Å². The number of carbonyl (C=O) groups is 2. The lowest BCUT2D eigenvalue weighted by Gasteiger charge is -2.14. The van der Waals surface area contributed by atoms with Gasteiger partial charge in [0.05, 0.1) is 0 Å². The molecule has 0 heterocycles. The first kappa shape index (κ1) is 16.8. The lowest BCUT2D eigenvalue weighted by molar-refractivity contribution is -0.141. The predicted octanol–water partition coefficient (Wildman–Crippen LogP) is 3.08. The van der Waals surface area contributed by atoms with Gasteiger partial charge in [0, 0.05) is 6.42 Å². The molecule has 0 fully saturated rings. The minimum Gasteiger partial charge on any atom is -0.480 e. The van der Waals surface area contributed by atoms with E-state index < -0.39 is 17.9 Å². The fourth-order valence-electron chi connectivity index (χ4n) is 2.04. The Balaban J connectivity index is 2.06. The number of rotatable bonds is 6. The SMILES string of the molecule is O=C(N[C@H](Cc1ccccc1)C(=O)O)C(Cl)=Cc1ccccc1. The van der Waals surface area contributed by atoms with E-state index in [1.165, 1.54) is 6.08 Å². The Kier molecular flexibility index (Phi) is 5.94. The van der Waals surface area contributed by atoms with Crippen LogP contribution in [0.5, 0.6) is 0 Å². The largest absolute Gasteiger partial charge is 0.480 e. The quantitative estimate of drug-likeness (QED) is 0.800. The molecule has 4 nitrogen and oxygen atoms in total. The zero-order chi connectivity index (χ0) is 16.7. The molecule has 23 heavy (non-hydrogen) atoms. The van der Waals surface area contributed by atoms with Gasteiger partial charge in [-0.3, -0.25) is 4.79 Å². The lowest BCUT2D eigenvalue weighted by atomic mass is 10.1. The molecule has 1 amide bonds. The molecule has 0 radical (unpaired) electrons. The van der Waals surface area contributed by atoms with Crippen molar-refractivity contribution in [2.24, 2.45) is 0 Å². The average molecular weight is 330 g/mol. The third-order valence-electron chi connectivity index (χ3n) is 3.20. The zero-order valence-corrected chi connectivity index (χ0v) is 13.0. The molecule has 2 rings (SSSR count). The van der Waals surface area contributed by atoms with Crippen molar-refractivity contribution >= 4 is 29.6 Å². The highest BCUT2D eigenvalue weighted by atomic mass is 35.5. The highest BCUT2D eigenvalue weighted by molar-refractivity contribution is 6.44. The Bertz CT molecular complexity index is 699. The Morgan fingerprint density at radius 2 is 1.61 bits per heavy atom. The lowest BCUT2D eigenvalue weighted by Crippen LogP contribution is -2.42. The minimum atomic E-state index is -1.11. The summed E-state index contributed by atoms with van der Waals surface area (Å²) < 4.78 is 0. The van der Waals surface area contributed by atoms with Crippen LogP contribution in [0.2, 0.25) is 0 Å². The molecule has 0 aliphatic rings. The summed E-state index contributed by atoms with van der Waals surface area (Å²) in [6.45, 7) is 0. The molecule has 5 heteroatoms. The number of nitrogens with one attached hydrogen (secondary N) is 1. The predicted molar refractivity (Wildman–Crippen MR) is 90.0 cm³/mol. The standard InChI is InChI=1S/C18H16ClNO3/c19-15(11-13-7-3-1-4-8-13)17(21)20-16(18(22)23)12-14-9-5-2-6-10-14/h1-11,16H,12H2,(H,20,21)(H,22,23)/t16-/m1/s1. The first-order valence-corrected chi connectivity index (χ1v) is 7.44. The summed E-state index contributed by atoms with van der Waals surface area (Å²) in [4.78, 5) is 23.4. The molecule has 0 saturated heterocycles. The van der Waals surface area contributed by atoms with E-state index in [0.29, 0.717) is 0 Å². The third kappa shape index (κ3) is 5.27. The fraction of sp³-hybridized carbons (Fsp3) is 0.111. The van der Waals surface area contributed by atoms with Crippen molar-refractivity contribution in [1.29, 1.82) is 0 Å². The van der Waals surface area contributed by atoms with Crippen LogP contribution in [0.1, 0.15) is 11.1 Å². The number of carbonyl (C=O) groups excluding carboxylic acids is 1. The maximum Gasteiger partial charge on any atom is 0.326 e. The van der Waals surface area contributed by atoms with Gasteiger partial charge in [-0.1, -0.05) is 72.3 Å². The molecule has 0 saturated carbocycles. The number of benzene rings is 2. The van der Waals surface area contributed by atoms with E-state index in [9.17, 15) is 14.7 Å². The van der Waals surface area contributed by atoms with Crippen molar-refractivity contribution in [1.82, 2.24) is 5.32 Å². The molecule has 118 valence electrons. The van der Waals surface area contributed by atoms with Gasteiger partial charge in [0.25, 0.3) is 5.91 Å². The Labute approximate surface area is 139 Å². The maximum atomic E-state index is 12.1. The summed E-state index contributed by atoms with van der Waals surface area (Å²) in [6, 6.07) is 17.2. The van der Waals surface area contributed by atoms with Crippen LogP contribution in [0.15, 0.2) is 65.7 Å². The van der Waals surface area contributed by atoms with E-state index in [-0.39, 0.29) is 11.5 Å². The van der Waals surface area contributed by atoms with E-state index in [1.54, 1.807) is 12.1 Å². The highest BCUT2D eigenvalue weighted by Gasteiger charge is 2.21. The molecule has 1 atom stereocenters. The minimum absolute atomic E-state index is 0.0597. The second kappa shape index (κ2) is 8.15. The average Bonchev–Trinajstić information content (AvgIpc) is 2.56. The van der Waals surface area contributed by atoms with E-state index in [0.717, 1.165) is 11.1 Å². The van der Waals surface area contributed by atoms with Gasteiger partial charge < -0.3 is 10.4 Å². The van der Waals surface area contributed by atoms with Crippen LogP contribution < -0.4 is 5.32 Å². The highest BCUT2D eigenvalue weighted by Crippen LogP contribution is 2.11. The monoisotopic (exact) mass is 329 g/mol. The van der Waals surface area contributed by atoms with Gasteiger partial charge in [0.2, 0.25) is 0 Å². The Morgan fingerprint density at radius 3 is 2.17 bits per heavy atom. The molecule has 0 unspecified atom stereocenters. The van der Waals surface area contributed by atoms with Crippen molar-refractivity contribution < 1.29 is 14.7 Å². The molecular formula is C18H16ClNO3. The summed E-state index contributed by atoms with van der Waals surface area (Å²) >= 11 is 5.97. The Morgan fingerprint density at radius 1 is 1.04 bits per heavy atom. The first-order chi connectivity index (χ1) is 11.1. The second-order valence-electron chi connectivity index (χ2n) is 4.96. The molecular weight excluding hydrogens is 314 g/mol. The third-order valence-corrected chi connectivity index (χ3v) is 3.48. The van der Waals surface area contributed by atoms with Gasteiger partial charge in [-0.15, -0.1) is 0 Å². The van der Waals surface area contributed by atoms with Crippen LogP contribution in [0.25, 0.3) is 6.08 Å². The van der Waals surface area contributed by atoms with Gasteiger partial charge in [-0.05, 0) is 17.2 Å². The molecule has 0 aliphatic carbocycles. The summed E-state index contributed by atoms with van der Waals surface area (Å²) in [5.41, 5.74) is 1.59. The van der Waals surface area contributed by atoms with Crippen LogP contribution in [-0.2, 0) is 16.0 Å². The summed E-state index contributed by atoms with van der Waals surface area (Å²) in [6.07, 6.45) is 1.69. The number of hydrogen-bond donors (Lipinski definition) is 2. The van der Waals surface area contributed by atoms with E-state index in [4.69, 9.17) is 11.6 Å². The fourth-order valence-corrected chi connectivity index (χ4v) is 2.22. The van der Waals surface area contributed by atoms with E-state index in [1.807, 2.05) is 48.5 Å². The zero-order valence-electron chi connectivity index (χ0n) is 12.3. The molecule has 0 aromatic heterocycles. The number of hydrogen-bond acceptors (Lipinski definition) is 2. The van der Waals surface area contributed by atoms with Crippen LogP contribution in [0, 0.1) is 0 Å². The molecule has 0 spiro atoms. The molecule has 2 aromatic rings. The summed E-state index contributed by atoms with van der Waals surface area (Å²) in [5, 5.41) is 11.7. The topological polar surface area (TPSA) is 66.4 Å². The number of aliphatic carboxylic acids is 1. The summed E-state index contributed by atoms with van der Waals surface area (Å²) in [5.74, 6) is -1.72. The Hall–Kier alpha value is -2.59. The maximum absolute atomic E-state index is 12.1. The van der Waals surface area contributed by atoms with Gasteiger partial charge in [0.1, 0.15) is 11.1 Å². The molecule has 2 aromatic carbocycles. The van der Waals surface area contributed by atoms with E-state index in [2.05, 4.69) is 5.32 Å². The number of halogens is 1. The molecule has 2 N–H and O–H groups in total. The van der Waals surface area contributed by atoms with Crippen molar-refractivity contribution in [2.75, 3.05) is 0 Å². The van der Waals surface area contributed by atoms with Crippen LogP contribution >= 0.6 is 11.6 Å². The first-order valence-electron chi connectivity index (χ1n) is 7.06. The van der Waals surface area contributed by atoms with Gasteiger partial charge >= 0.3 is 5.97 Å². The van der Waals surface area contributed by atoms with Crippen LogP contribution in [-0.4, -0.2) is 23.0 Å². The van der Waals surface area contributed by atoms with Crippen molar-refractivity contribution in [3.05, 3.63) is 76.8 Å². The van der Waals surface area contributed by atoms with Gasteiger partial charge in [-0.25, -0.2) is 4.79 Å².